The molecule has 2 rings (SSSR count). The molecule has 0 saturated carbocycles. The van der Waals surface area contributed by atoms with Crippen molar-refractivity contribution in [1.29, 1.82) is 0 Å². The number of carbonyl (C=O) groups is 2. The van der Waals surface area contributed by atoms with Gasteiger partial charge >= 0.3 is 18.1 Å². The van der Waals surface area contributed by atoms with E-state index in [4.69, 9.17) is 14.2 Å². The van der Waals surface area contributed by atoms with Gasteiger partial charge in [-0.3, -0.25) is 0 Å². The monoisotopic (exact) mass is 336 g/mol. The van der Waals surface area contributed by atoms with Gasteiger partial charge in [-0.05, 0) is 29.5 Å². The quantitative estimate of drug-likeness (QED) is 0.604. The van der Waals surface area contributed by atoms with Crippen molar-refractivity contribution in [3.63, 3.8) is 0 Å². The molecule has 130 valence electrons. The third kappa shape index (κ3) is 2.82. The van der Waals surface area contributed by atoms with E-state index in [1.165, 1.54) is 7.11 Å². The second-order valence-electron chi connectivity index (χ2n) is 5.29. The van der Waals surface area contributed by atoms with Crippen molar-refractivity contribution in [3.05, 3.63) is 40.5 Å². The minimum Gasteiger partial charge on any atom is -0.450 e. The summed E-state index contributed by atoms with van der Waals surface area (Å²) in [5.41, 5.74) is 3.25. The van der Waals surface area contributed by atoms with Crippen LogP contribution in [0, 0.1) is 0 Å². The summed E-state index contributed by atoms with van der Waals surface area (Å²) < 4.78 is 15.2. The number of hydrogen-bond donors (Lipinski definition) is 2. The first kappa shape index (κ1) is 17.8. The van der Waals surface area contributed by atoms with Crippen molar-refractivity contribution >= 4 is 17.9 Å². The first-order valence-corrected chi connectivity index (χ1v) is 7.59. The molecule has 0 saturated heterocycles. The lowest BCUT2D eigenvalue weighted by Crippen LogP contribution is -2.38. The second-order valence-corrected chi connectivity index (χ2v) is 5.29. The topological polar surface area (TPSA) is 102 Å². The van der Waals surface area contributed by atoms with Crippen molar-refractivity contribution in [1.82, 2.24) is 0 Å². The summed E-state index contributed by atoms with van der Waals surface area (Å²) in [5, 5.41) is 18.4. The largest absolute Gasteiger partial charge is 0.509 e. The van der Waals surface area contributed by atoms with Crippen molar-refractivity contribution < 1.29 is 34.0 Å². The normalized spacial score (nSPS) is 15.1. The van der Waals surface area contributed by atoms with E-state index >= 15 is 0 Å². The minimum absolute atomic E-state index is 0.0123. The SMILES string of the molecule is CCC1=C(COC)C(OC(=O)O)(OC(=O)O)c2cccc(CC)c21. The van der Waals surface area contributed by atoms with Crippen LogP contribution in [-0.2, 0) is 26.4 Å². The molecule has 24 heavy (non-hydrogen) atoms. The van der Waals surface area contributed by atoms with Crippen LogP contribution >= 0.6 is 0 Å². The fraction of sp³-hybridized carbons (Fsp3) is 0.412. The number of fused-ring (bicyclic) bond motifs is 1. The van der Waals surface area contributed by atoms with Crippen LogP contribution in [0.25, 0.3) is 5.57 Å². The highest BCUT2D eigenvalue weighted by Gasteiger charge is 2.52. The number of hydrogen-bond acceptors (Lipinski definition) is 5. The van der Waals surface area contributed by atoms with Crippen LogP contribution in [0.3, 0.4) is 0 Å². The maximum absolute atomic E-state index is 11.3. The van der Waals surface area contributed by atoms with Gasteiger partial charge in [0.1, 0.15) is 0 Å². The molecular weight excluding hydrogens is 316 g/mol. The number of carboxylic acid groups (broad SMARTS) is 2. The number of benzene rings is 1. The van der Waals surface area contributed by atoms with Crippen LogP contribution in [-0.4, -0.2) is 36.2 Å². The molecule has 0 atom stereocenters. The van der Waals surface area contributed by atoms with Crippen LogP contribution in [0.2, 0.25) is 0 Å². The molecule has 0 heterocycles. The number of ether oxygens (including phenoxy) is 3. The highest BCUT2D eigenvalue weighted by Crippen LogP contribution is 2.50. The first-order chi connectivity index (χ1) is 11.4. The maximum atomic E-state index is 11.3. The number of allylic oxidation sites excluding steroid dienone is 1. The van der Waals surface area contributed by atoms with Crippen LogP contribution in [0.1, 0.15) is 37.0 Å². The Balaban J connectivity index is 2.82. The van der Waals surface area contributed by atoms with E-state index in [9.17, 15) is 19.8 Å². The van der Waals surface area contributed by atoms with Crippen molar-refractivity contribution in [2.45, 2.75) is 32.5 Å². The van der Waals surface area contributed by atoms with Gasteiger partial charge in [0.05, 0.1) is 6.61 Å². The Morgan fingerprint density at radius 1 is 1.08 bits per heavy atom. The Kier molecular flexibility index (Phi) is 5.14. The lowest BCUT2D eigenvalue weighted by molar-refractivity contribution is -0.165. The van der Waals surface area contributed by atoms with E-state index in [1.54, 1.807) is 12.1 Å². The van der Waals surface area contributed by atoms with Crippen LogP contribution in [0.5, 0.6) is 0 Å². The maximum Gasteiger partial charge on any atom is 0.509 e. The Morgan fingerprint density at radius 3 is 2.17 bits per heavy atom. The average Bonchev–Trinajstić information content (AvgIpc) is 2.76. The summed E-state index contributed by atoms with van der Waals surface area (Å²) in [6.45, 7) is 3.86. The molecule has 2 N–H and O–H groups in total. The molecule has 0 aromatic heterocycles. The van der Waals surface area contributed by atoms with Gasteiger partial charge < -0.3 is 24.4 Å². The molecule has 1 aromatic rings. The zero-order chi connectivity index (χ0) is 17.9. The third-order valence-electron chi connectivity index (χ3n) is 4.05. The van der Waals surface area contributed by atoms with E-state index in [0.717, 1.165) is 16.7 Å². The molecule has 0 unspecified atom stereocenters. The molecule has 1 aromatic carbocycles. The van der Waals surface area contributed by atoms with Crippen molar-refractivity contribution in [2.75, 3.05) is 13.7 Å². The van der Waals surface area contributed by atoms with Crippen LogP contribution in [0.4, 0.5) is 9.59 Å². The molecule has 7 heteroatoms. The molecule has 1 aliphatic rings. The van der Waals surface area contributed by atoms with Crippen LogP contribution < -0.4 is 0 Å². The molecule has 0 fully saturated rings. The Bertz CT molecular complexity index is 674. The van der Waals surface area contributed by atoms with Gasteiger partial charge in [0, 0.05) is 18.2 Å². The van der Waals surface area contributed by atoms with Gasteiger partial charge in [-0.25, -0.2) is 9.59 Å². The van der Waals surface area contributed by atoms with E-state index in [0.29, 0.717) is 24.0 Å². The number of methoxy groups -OCH3 is 1. The molecule has 0 radical (unpaired) electrons. The Morgan fingerprint density at radius 2 is 1.71 bits per heavy atom. The van der Waals surface area contributed by atoms with Gasteiger partial charge in [-0.15, -0.1) is 0 Å². The predicted molar refractivity (Wildman–Crippen MR) is 84.8 cm³/mol. The fourth-order valence-corrected chi connectivity index (χ4v) is 3.25. The Labute approximate surface area is 139 Å². The summed E-state index contributed by atoms with van der Waals surface area (Å²) in [7, 11) is 1.44. The Hall–Kier alpha value is -2.54. The van der Waals surface area contributed by atoms with Gasteiger partial charge in [-0.1, -0.05) is 32.0 Å². The molecule has 0 amide bonds. The highest BCUT2D eigenvalue weighted by atomic mass is 16.8. The van der Waals surface area contributed by atoms with Gasteiger partial charge in [0.2, 0.25) is 0 Å². The summed E-state index contributed by atoms with van der Waals surface area (Å²) in [6.07, 6.45) is -2.01. The fourth-order valence-electron chi connectivity index (χ4n) is 3.25. The molecule has 0 aliphatic heterocycles. The molecule has 1 aliphatic carbocycles. The van der Waals surface area contributed by atoms with Crippen molar-refractivity contribution in [2.24, 2.45) is 0 Å². The smallest absolute Gasteiger partial charge is 0.450 e. The standard InChI is InChI=1S/C17H20O7/c1-4-10-7-6-8-12-14(10)11(5-2)13(9-22-3)17(12,23-15(18)19)24-16(20)21/h6-8H,4-5,9H2,1-3H3,(H,18,19)(H,20,21). The molecule has 0 spiro atoms. The van der Waals surface area contributed by atoms with E-state index in [1.807, 2.05) is 19.9 Å². The van der Waals surface area contributed by atoms with E-state index in [2.05, 4.69) is 0 Å². The zero-order valence-corrected chi connectivity index (χ0v) is 13.8. The lowest BCUT2D eigenvalue weighted by atomic mass is 9.95. The third-order valence-corrected chi connectivity index (χ3v) is 4.05. The summed E-state index contributed by atoms with van der Waals surface area (Å²) in [5.74, 6) is -2.04. The molecule has 7 nitrogen and oxygen atoms in total. The average molecular weight is 336 g/mol. The highest BCUT2D eigenvalue weighted by molar-refractivity contribution is 5.83. The summed E-state index contributed by atoms with van der Waals surface area (Å²) in [6, 6.07) is 5.26. The molecular formula is C17H20O7. The first-order valence-electron chi connectivity index (χ1n) is 7.59. The van der Waals surface area contributed by atoms with E-state index < -0.39 is 18.1 Å². The number of rotatable bonds is 6. The van der Waals surface area contributed by atoms with Gasteiger partial charge in [0.25, 0.3) is 0 Å². The molecule has 0 bridgehead atoms. The second kappa shape index (κ2) is 6.92. The van der Waals surface area contributed by atoms with Crippen LogP contribution in [0.15, 0.2) is 23.8 Å². The number of aryl methyl sites for hydroxylation is 1. The lowest BCUT2D eigenvalue weighted by Gasteiger charge is -2.30. The van der Waals surface area contributed by atoms with E-state index in [-0.39, 0.29) is 6.61 Å². The van der Waals surface area contributed by atoms with Crippen molar-refractivity contribution in [3.8, 4) is 0 Å². The zero-order valence-electron chi connectivity index (χ0n) is 13.8. The summed E-state index contributed by atoms with van der Waals surface area (Å²) >= 11 is 0. The summed E-state index contributed by atoms with van der Waals surface area (Å²) in [4.78, 5) is 22.6. The van der Waals surface area contributed by atoms with Gasteiger partial charge in [-0.2, -0.15) is 0 Å². The minimum atomic E-state index is -2.04. The van der Waals surface area contributed by atoms with Gasteiger partial charge in [0.15, 0.2) is 0 Å². The predicted octanol–water partition coefficient (Wildman–Crippen LogP) is 3.61.